The van der Waals surface area contributed by atoms with E-state index in [1.54, 1.807) is 20.8 Å². The van der Waals surface area contributed by atoms with Gasteiger partial charge in [0.05, 0.1) is 0 Å². The number of hydrogen-bond acceptors (Lipinski definition) is 1. The summed E-state index contributed by atoms with van der Waals surface area (Å²) in [5, 5.41) is 2.64. The van der Waals surface area contributed by atoms with Crippen LogP contribution in [0.5, 0.6) is 0 Å². The van der Waals surface area contributed by atoms with Gasteiger partial charge >= 0.3 is 0 Å². The van der Waals surface area contributed by atoms with E-state index in [0.717, 1.165) is 0 Å². The molecule has 0 rings (SSSR count). The molecule has 78 valence electrons. The molecule has 0 spiro atoms. The lowest BCUT2D eigenvalue weighted by molar-refractivity contribution is -0.129. The quantitative estimate of drug-likeness (QED) is 0.673. The summed E-state index contributed by atoms with van der Waals surface area (Å²) in [5.74, 6) is -0.233. The van der Waals surface area contributed by atoms with Gasteiger partial charge < -0.3 is 5.32 Å². The molecule has 0 saturated carbocycles. The lowest BCUT2D eigenvalue weighted by atomic mass is 9.86. The highest BCUT2D eigenvalue weighted by Crippen LogP contribution is 2.20. The van der Waals surface area contributed by atoms with Crippen LogP contribution in [0.3, 0.4) is 0 Å². The Balaban J connectivity index is 4.93. The van der Waals surface area contributed by atoms with E-state index in [0.29, 0.717) is 0 Å². The number of nitrogens with one attached hydrogen (secondary N) is 1. The van der Waals surface area contributed by atoms with Crippen molar-refractivity contribution in [2.75, 3.05) is 0 Å². The number of amides is 1. The summed E-state index contributed by atoms with van der Waals surface area (Å²) >= 11 is 0. The van der Waals surface area contributed by atoms with Gasteiger partial charge in [0.1, 0.15) is 0 Å². The maximum absolute atomic E-state index is 11.8. The fourth-order valence-electron chi connectivity index (χ4n) is 0.564. The zero-order valence-electron chi connectivity index (χ0n) is 12.5. The molecule has 0 heterocycles. The van der Waals surface area contributed by atoms with Gasteiger partial charge in [0.15, 0.2) is 0 Å². The fraction of sp³-hybridized carbons (Fsp3) is 0.909. The van der Waals surface area contributed by atoms with Crippen LogP contribution < -0.4 is 5.32 Å². The third-order valence-electron chi connectivity index (χ3n) is 1.82. The van der Waals surface area contributed by atoms with E-state index in [2.05, 4.69) is 5.32 Å². The van der Waals surface area contributed by atoms with Crippen LogP contribution in [0, 0.1) is 10.8 Å². The molecule has 0 aromatic carbocycles. The molecule has 0 saturated heterocycles. The van der Waals surface area contributed by atoms with Crippen LogP contribution in [0.4, 0.5) is 0 Å². The summed E-state index contributed by atoms with van der Waals surface area (Å²) in [5.41, 5.74) is -1.07. The number of rotatable bonds is 1. The van der Waals surface area contributed by atoms with E-state index in [4.69, 9.17) is 4.11 Å². The molecule has 0 aliphatic rings. The molecule has 2 heteroatoms. The van der Waals surface area contributed by atoms with E-state index in [9.17, 15) is 4.79 Å². The van der Waals surface area contributed by atoms with Crippen molar-refractivity contribution < 1.29 is 8.91 Å². The highest BCUT2D eigenvalue weighted by Gasteiger charge is 2.27. The summed E-state index contributed by atoms with van der Waals surface area (Å²) in [6, 6.07) is -0.827. The minimum atomic E-state index is -2.18. The second kappa shape index (κ2) is 3.69. The molecule has 1 N–H and O–H groups in total. The van der Waals surface area contributed by atoms with Gasteiger partial charge in [-0.15, -0.1) is 0 Å². The Kier molecular flexibility index (Phi) is 2.22. The van der Waals surface area contributed by atoms with E-state index < -0.39 is 23.7 Å². The SMILES string of the molecule is [2H]C([2H])([2H])[C@H](NC(=O)C(C)(C)C)C(C)(C)C. The maximum Gasteiger partial charge on any atom is 0.225 e. The first kappa shape index (κ1) is 7.84. The molecule has 2 nitrogen and oxygen atoms in total. The number of carbonyl (C=O) groups is 1. The van der Waals surface area contributed by atoms with Crippen LogP contribution in [-0.2, 0) is 4.79 Å². The monoisotopic (exact) mass is 188 g/mol. The van der Waals surface area contributed by atoms with Gasteiger partial charge in [-0.1, -0.05) is 41.5 Å². The Hall–Kier alpha value is -0.530. The molecule has 0 unspecified atom stereocenters. The summed E-state index contributed by atoms with van der Waals surface area (Å²) in [7, 11) is 0. The minimum Gasteiger partial charge on any atom is -0.353 e. The Bertz CT molecular complexity index is 244. The normalized spacial score (nSPS) is 19.7. The summed E-state index contributed by atoms with van der Waals surface area (Å²) < 4.78 is 22.4. The molecule has 13 heavy (non-hydrogen) atoms. The first-order valence-corrected chi connectivity index (χ1v) is 4.57. The van der Waals surface area contributed by atoms with Crippen molar-refractivity contribution in [2.24, 2.45) is 10.8 Å². The highest BCUT2D eigenvalue weighted by molar-refractivity contribution is 5.81. The van der Waals surface area contributed by atoms with E-state index in [-0.39, 0.29) is 5.91 Å². The smallest absolute Gasteiger partial charge is 0.225 e. The Morgan fingerprint density at radius 3 is 1.92 bits per heavy atom. The van der Waals surface area contributed by atoms with Gasteiger partial charge in [0, 0.05) is 15.6 Å². The van der Waals surface area contributed by atoms with Gasteiger partial charge in [-0.2, -0.15) is 0 Å². The van der Waals surface area contributed by atoms with Crippen LogP contribution in [0.2, 0.25) is 0 Å². The van der Waals surface area contributed by atoms with Crippen molar-refractivity contribution in [3.63, 3.8) is 0 Å². The van der Waals surface area contributed by atoms with Crippen LogP contribution in [0.25, 0.3) is 0 Å². The van der Waals surface area contributed by atoms with Crippen LogP contribution in [0.15, 0.2) is 0 Å². The molecule has 0 radical (unpaired) electrons. The highest BCUT2D eigenvalue weighted by atomic mass is 16.2. The van der Waals surface area contributed by atoms with Crippen LogP contribution in [-0.4, -0.2) is 11.9 Å². The van der Waals surface area contributed by atoms with Gasteiger partial charge in [-0.05, 0) is 12.3 Å². The molecule has 1 amide bonds. The molecule has 0 aromatic heterocycles. The van der Waals surface area contributed by atoms with Crippen molar-refractivity contribution >= 4 is 5.91 Å². The molecule has 0 aromatic rings. The molecule has 0 aliphatic carbocycles. The fourth-order valence-corrected chi connectivity index (χ4v) is 0.564. The van der Waals surface area contributed by atoms with Crippen LogP contribution in [0.1, 0.15) is 52.5 Å². The van der Waals surface area contributed by atoms with E-state index >= 15 is 0 Å². The van der Waals surface area contributed by atoms with Crippen molar-refractivity contribution in [3.05, 3.63) is 0 Å². The molecule has 0 fully saturated rings. The Labute approximate surface area is 86.3 Å². The lowest BCUT2D eigenvalue weighted by Crippen LogP contribution is -2.46. The maximum atomic E-state index is 11.8. The van der Waals surface area contributed by atoms with Crippen molar-refractivity contribution in [2.45, 2.75) is 54.4 Å². The van der Waals surface area contributed by atoms with Gasteiger partial charge in [0.25, 0.3) is 0 Å². The standard InChI is InChI=1S/C11H23NO/c1-8(10(2,3)4)12-9(13)11(5,6)7/h8H,1-7H3,(H,12,13)/t8-/m0/s1/i1D3. The zero-order chi connectivity index (χ0) is 13.4. The predicted molar refractivity (Wildman–Crippen MR) is 56.5 cm³/mol. The van der Waals surface area contributed by atoms with Gasteiger partial charge in [-0.3, -0.25) is 4.79 Å². The third-order valence-corrected chi connectivity index (χ3v) is 1.82. The van der Waals surface area contributed by atoms with Crippen molar-refractivity contribution in [3.8, 4) is 0 Å². The molecule has 1 atom stereocenters. The largest absolute Gasteiger partial charge is 0.353 e. The molecule has 0 aliphatic heterocycles. The first-order valence-electron chi connectivity index (χ1n) is 6.07. The molecular formula is C11H23NO. The zero-order valence-corrected chi connectivity index (χ0v) is 9.49. The topological polar surface area (TPSA) is 29.1 Å². The number of carbonyl (C=O) groups excluding carboxylic acids is 1. The molecule has 0 bridgehead atoms. The average Bonchev–Trinajstić information content (AvgIpc) is 1.92. The minimum absolute atomic E-state index is 0.233. The predicted octanol–water partition coefficient (Wildman–Crippen LogP) is 2.58. The van der Waals surface area contributed by atoms with Gasteiger partial charge in [-0.25, -0.2) is 0 Å². The van der Waals surface area contributed by atoms with Crippen molar-refractivity contribution in [1.29, 1.82) is 0 Å². The second-order valence-corrected chi connectivity index (χ2v) is 5.52. The first-order chi connectivity index (χ1) is 6.76. The second-order valence-electron chi connectivity index (χ2n) is 5.52. The van der Waals surface area contributed by atoms with Crippen molar-refractivity contribution in [1.82, 2.24) is 5.32 Å². The Morgan fingerprint density at radius 2 is 1.69 bits per heavy atom. The van der Waals surface area contributed by atoms with Gasteiger partial charge in [0.2, 0.25) is 5.91 Å². The van der Waals surface area contributed by atoms with E-state index in [1.165, 1.54) is 0 Å². The summed E-state index contributed by atoms with van der Waals surface area (Å²) in [4.78, 5) is 11.8. The van der Waals surface area contributed by atoms with Crippen LogP contribution >= 0.6 is 0 Å². The third kappa shape index (κ3) is 4.30. The van der Waals surface area contributed by atoms with E-state index in [1.807, 2.05) is 20.8 Å². The summed E-state index contributed by atoms with van der Waals surface area (Å²) in [6.07, 6.45) is 0. The summed E-state index contributed by atoms with van der Waals surface area (Å²) in [6.45, 7) is 8.55. The molecular weight excluding hydrogens is 162 g/mol. The Morgan fingerprint density at radius 1 is 1.23 bits per heavy atom. The lowest BCUT2D eigenvalue weighted by Gasteiger charge is -2.30. The number of hydrogen-bond donors (Lipinski definition) is 1. The average molecular weight is 188 g/mol.